The third-order valence-electron chi connectivity index (χ3n) is 4.93. The van der Waals surface area contributed by atoms with Gasteiger partial charge in [-0.3, -0.25) is 0 Å². The molecule has 0 saturated heterocycles. The highest BCUT2D eigenvalue weighted by atomic mass is 32.2. The molecule has 1 aliphatic rings. The second-order valence-corrected chi connectivity index (χ2v) is 8.25. The Labute approximate surface area is 158 Å². The highest BCUT2D eigenvalue weighted by Gasteiger charge is 2.27. The van der Waals surface area contributed by atoms with Gasteiger partial charge in [0, 0.05) is 5.39 Å². The lowest BCUT2D eigenvalue weighted by Crippen LogP contribution is -2.15. The number of allylic oxidation sites excluding steroid dienone is 2. The maximum atomic E-state index is 13.5. The second-order valence-electron chi connectivity index (χ2n) is 6.47. The van der Waals surface area contributed by atoms with E-state index in [1.165, 1.54) is 3.97 Å². The van der Waals surface area contributed by atoms with Crippen molar-refractivity contribution in [3.63, 3.8) is 0 Å². The molecule has 5 nitrogen and oxygen atoms in total. The number of ether oxygens (including phenoxy) is 2. The van der Waals surface area contributed by atoms with Gasteiger partial charge in [0.15, 0.2) is 11.5 Å². The van der Waals surface area contributed by atoms with Gasteiger partial charge in [-0.25, -0.2) is 12.4 Å². The van der Waals surface area contributed by atoms with Crippen LogP contribution in [0.25, 0.3) is 16.5 Å². The molecule has 6 heteroatoms. The first kappa shape index (κ1) is 17.7. The van der Waals surface area contributed by atoms with Crippen LogP contribution in [0.1, 0.15) is 25.0 Å². The van der Waals surface area contributed by atoms with Gasteiger partial charge in [-0.2, -0.15) is 0 Å². The van der Waals surface area contributed by atoms with Crippen LogP contribution in [0.15, 0.2) is 59.5 Å². The van der Waals surface area contributed by atoms with Crippen LogP contribution in [0, 0.1) is 0 Å². The molecule has 2 aromatic carbocycles. The van der Waals surface area contributed by atoms with Gasteiger partial charge in [0.1, 0.15) is 0 Å². The van der Waals surface area contributed by atoms with E-state index >= 15 is 0 Å². The van der Waals surface area contributed by atoms with E-state index < -0.39 is 10.0 Å². The Morgan fingerprint density at radius 2 is 1.78 bits per heavy atom. The van der Waals surface area contributed by atoms with Crippen molar-refractivity contribution < 1.29 is 17.9 Å². The van der Waals surface area contributed by atoms with Crippen molar-refractivity contribution in [2.45, 2.75) is 24.2 Å². The van der Waals surface area contributed by atoms with Crippen LogP contribution in [0.5, 0.6) is 11.5 Å². The van der Waals surface area contributed by atoms with Crippen molar-refractivity contribution in [1.29, 1.82) is 0 Å². The fourth-order valence-corrected chi connectivity index (χ4v) is 5.22. The summed E-state index contributed by atoms with van der Waals surface area (Å²) in [5.74, 6) is 1.11. The van der Waals surface area contributed by atoms with Gasteiger partial charge in [-0.05, 0) is 55.2 Å². The molecule has 1 aromatic heterocycles. The average Bonchev–Trinajstić information content (AvgIpc) is 3.35. The average molecular weight is 383 g/mol. The molecule has 0 bridgehead atoms. The summed E-state index contributed by atoms with van der Waals surface area (Å²) in [7, 11) is -0.620. The molecule has 0 amide bonds. The fraction of sp³-hybridized carbons (Fsp3) is 0.238. The summed E-state index contributed by atoms with van der Waals surface area (Å²) in [5.41, 5.74) is 2.32. The summed E-state index contributed by atoms with van der Waals surface area (Å²) in [5, 5.41) is 0.721. The van der Waals surface area contributed by atoms with Gasteiger partial charge in [-0.15, -0.1) is 0 Å². The van der Waals surface area contributed by atoms with E-state index in [4.69, 9.17) is 9.47 Å². The Balaban J connectivity index is 2.08. The van der Waals surface area contributed by atoms with Crippen LogP contribution in [0.2, 0.25) is 0 Å². The number of aromatic nitrogens is 1. The summed E-state index contributed by atoms with van der Waals surface area (Å²) in [4.78, 5) is 0.261. The number of nitrogens with zero attached hydrogens (tertiary/aromatic N) is 1. The van der Waals surface area contributed by atoms with Crippen molar-refractivity contribution in [3.05, 3.63) is 60.3 Å². The number of rotatable bonds is 5. The summed E-state index contributed by atoms with van der Waals surface area (Å²) >= 11 is 0. The topological polar surface area (TPSA) is 57.5 Å². The zero-order chi connectivity index (χ0) is 19.0. The van der Waals surface area contributed by atoms with Crippen molar-refractivity contribution in [2.24, 2.45) is 0 Å². The number of hydrogen-bond donors (Lipinski definition) is 0. The molecule has 140 valence electrons. The van der Waals surface area contributed by atoms with E-state index in [1.807, 2.05) is 6.07 Å². The summed E-state index contributed by atoms with van der Waals surface area (Å²) < 4.78 is 39.4. The Morgan fingerprint density at radius 3 is 2.41 bits per heavy atom. The molecular formula is C21H21NO4S. The standard InChI is InChI=1S/C21H21NO4S/c1-25-20-13-12-18-17(21(20)26-2)14-19(15-8-6-7-9-15)22(18)27(23,24)16-10-4-3-5-11-16/h3-5,8,10-14H,6-7,9H2,1-2H3. The van der Waals surface area contributed by atoms with E-state index in [0.717, 1.165) is 30.2 Å². The lowest BCUT2D eigenvalue weighted by molar-refractivity contribution is 0.358. The maximum Gasteiger partial charge on any atom is 0.268 e. The summed E-state index contributed by atoms with van der Waals surface area (Å²) in [6, 6.07) is 13.9. The Bertz CT molecular complexity index is 1130. The first-order chi connectivity index (χ1) is 13.1. The predicted octanol–water partition coefficient (Wildman–Crippen LogP) is 4.46. The van der Waals surface area contributed by atoms with E-state index in [-0.39, 0.29) is 4.90 Å². The molecular weight excluding hydrogens is 362 g/mol. The van der Waals surface area contributed by atoms with E-state index in [1.54, 1.807) is 56.7 Å². The van der Waals surface area contributed by atoms with Gasteiger partial charge >= 0.3 is 0 Å². The molecule has 4 rings (SSSR count). The highest BCUT2D eigenvalue weighted by Crippen LogP contribution is 2.41. The lowest BCUT2D eigenvalue weighted by atomic mass is 10.1. The molecule has 0 radical (unpaired) electrons. The zero-order valence-corrected chi connectivity index (χ0v) is 16.1. The number of fused-ring (bicyclic) bond motifs is 1. The van der Waals surface area contributed by atoms with Crippen LogP contribution in [-0.4, -0.2) is 26.6 Å². The van der Waals surface area contributed by atoms with E-state index in [0.29, 0.717) is 22.7 Å². The van der Waals surface area contributed by atoms with Crippen LogP contribution in [-0.2, 0) is 10.0 Å². The van der Waals surface area contributed by atoms with Crippen molar-refractivity contribution >= 4 is 26.5 Å². The number of hydrogen-bond acceptors (Lipinski definition) is 4. The molecule has 1 heterocycles. The molecule has 1 aliphatic carbocycles. The summed E-state index contributed by atoms with van der Waals surface area (Å²) in [6.07, 6.45) is 4.97. The quantitative estimate of drug-likeness (QED) is 0.653. The molecule has 0 N–H and O–H groups in total. The van der Waals surface area contributed by atoms with Gasteiger partial charge < -0.3 is 9.47 Å². The first-order valence-electron chi connectivity index (χ1n) is 8.84. The van der Waals surface area contributed by atoms with E-state index in [2.05, 4.69) is 6.08 Å². The summed E-state index contributed by atoms with van der Waals surface area (Å²) in [6.45, 7) is 0. The molecule has 0 fully saturated rings. The number of methoxy groups -OCH3 is 2. The van der Waals surface area contributed by atoms with Crippen LogP contribution in [0.4, 0.5) is 0 Å². The van der Waals surface area contributed by atoms with Crippen molar-refractivity contribution in [1.82, 2.24) is 3.97 Å². The monoisotopic (exact) mass is 383 g/mol. The van der Waals surface area contributed by atoms with Gasteiger partial charge in [0.05, 0.1) is 30.3 Å². The SMILES string of the molecule is COc1ccc2c(cc(C3=CCCC3)n2S(=O)(=O)c2ccccc2)c1OC. The van der Waals surface area contributed by atoms with Crippen molar-refractivity contribution in [2.75, 3.05) is 14.2 Å². The maximum absolute atomic E-state index is 13.5. The molecule has 27 heavy (non-hydrogen) atoms. The van der Waals surface area contributed by atoms with Gasteiger partial charge in [-0.1, -0.05) is 24.3 Å². The molecule has 0 atom stereocenters. The Morgan fingerprint density at radius 1 is 1.00 bits per heavy atom. The van der Waals surface area contributed by atoms with E-state index in [9.17, 15) is 8.42 Å². The normalized spacial score (nSPS) is 14.4. The minimum Gasteiger partial charge on any atom is -0.493 e. The molecule has 0 saturated carbocycles. The molecule has 0 aliphatic heterocycles. The van der Waals surface area contributed by atoms with Crippen LogP contribution in [0.3, 0.4) is 0 Å². The second kappa shape index (κ2) is 6.78. The molecule has 0 unspecified atom stereocenters. The largest absolute Gasteiger partial charge is 0.493 e. The fourth-order valence-electron chi connectivity index (χ4n) is 3.67. The number of benzene rings is 2. The third kappa shape index (κ3) is 2.80. The van der Waals surface area contributed by atoms with Gasteiger partial charge in [0.2, 0.25) is 0 Å². The third-order valence-corrected chi connectivity index (χ3v) is 6.67. The minimum atomic E-state index is -3.76. The molecule has 3 aromatic rings. The first-order valence-corrected chi connectivity index (χ1v) is 10.3. The predicted molar refractivity (Wildman–Crippen MR) is 106 cm³/mol. The minimum absolute atomic E-state index is 0.261. The molecule has 0 spiro atoms. The smallest absolute Gasteiger partial charge is 0.268 e. The zero-order valence-electron chi connectivity index (χ0n) is 15.3. The highest BCUT2D eigenvalue weighted by molar-refractivity contribution is 7.90. The van der Waals surface area contributed by atoms with Crippen molar-refractivity contribution in [3.8, 4) is 11.5 Å². The van der Waals surface area contributed by atoms with Crippen LogP contribution < -0.4 is 9.47 Å². The van der Waals surface area contributed by atoms with Gasteiger partial charge in [0.25, 0.3) is 10.0 Å². The Kier molecular flexibility index (Phi) is 4.44. The van der Waals surface area contributed by atoms with Crippen LogP contribution >= 0.6 is 0 Å². The lowest BCUT2D eigenvalue weighted by Gasteiger charge is -2.13. The Hall–Kier alpha value is -2.73.